The van der Waals surface area contributed by atoms with Crippen LogP contribution in [0.2, 0.25) is 0 Å². The Balaban J connectivity index is 1.77. The molecule has 1 fully saturated rings. The largest absolute Gasteiger partial charge is 0.324 e. The number of pyridine rings is 1. The molecule has 2 unspecified atom stereocenters. The van der Waals surface area contributed by atoms with Crippen LogP contribution < -0.4 is 10.9 Å². The third kappa shape index (κ3) is 3.75. The summed E-state index contributed by atoms with van der Waals surface area (Å²) in [7, 11) is 0. The van der Waals surface area contributed by atoms with E-state index in [-0.39, 0.29) is 29.0 Å². The van der Waals surface area contributed by atoms with Crippen LogP contribution in [0.5, 0.6) is 0 Å². The lowest BCUT2D eigenvalue weighted by atomic mass is 9.60. The monoisotopic (exact) mass is 342 g/mol. The highest BCUT2D eigenvalue weighted by atomic mass is 16.1. The molecule has 1 N–H and O–H groups in total. The van der Waals surface area contributed by atoms with Crippen molar-refractivity contribution in [1.29, 1.82) is 0 Å². The lowest BCUT2D eigenvalue weighted by Gasteiger charge is -2.44. The first-order valence-electron chi connectivity index (χ1n) is 9.15. The first-order chi connectivity index (χ1) is 12.0. The second-order valence-corrected chi connectivity index (χ2v) is 7.58. The van der Waals surface area contributed by atoms with Gasteiger partial charge in [-0.3, -0.25) is 14.4 Å². The molecular formula is C20H26N2O3. The highest BCUT2D eigenvalue weighted by Gasteiger charge is 2.41. The summed E-state index contributed by atoms with van der Waals surface area (Å²) in [6.07, 6.45) is 11.7. The topological polar surface area (TPSA) is 68.2 Å². The summed E-state index contributed by atoms with van der Waals surface area (Å²) in [5.41, 5.74) is 1.34. The van der Waals surface area contributed by atoms with Gasteiger partial charge in [-0.15, -0.1) is 0 Å². The van der Waals surface area contributed by atoms with Crippen LogP contribution in [-0.2, 0) is 16.1 Å². The number of Topliss-reactive ketones (excluding diaryl/α,β-unsaturated/α-hetero) is 1. The smallest absolute Gasteiger partial charge is 0.274 e. The number of rotatable bonds is 6. The Kier molecular flexibility index (Phi) is 5.21. The van der Waals surface area contributed by atoms with Crippen molar-refractivity contribution in [3.8, 4) is 0 Å². The lowest BCUT2D eigenvalue weighted by Crippen LogP contribution is -2.36. The SMILES string of the molecule is CC1CCC2=CCCCC2(CC(=O)Cn2cccc(NC=O)c2=O)C1. The van der Waals surface area contributed by atoms with Crippen molar-refractivity contribution in [1.82, 2.24) is 4.57 Å². The van der Waals surface area contributed by atoms with Crippen molar-refractivity contribution in [3.63, 3.8) is 0 Å². The molecule has 2 aliphatic rings. The maximum atomic E-state index is 12.8. The van der Waals surface area contributed by atoms with Crippen molar-refractivity contribution >= 4 is 17.9 Å². The van der Waals surface area contributed by atoms with Crippen LogP contribution in [0.4, 0.5) is 5.69 Å². The zero-order chi connectivity index (χ0) is 17.9. The first-order valence-corrected chi connectivity index (χ1v) is 9.15. The summed E-state index contributed by atoms with van der Waals surface area (Å²) in [4.78, 5) is 35.7. The van der Waals surface area contributed by atoms with E-state index < -0.39 is 0 Å². The number of ketones is 1. The van der Waals surface area contributed by atoms with E-state index in [1.807, 2.05) is 0 Å². The Labute approximate surface area is 148 Å². The number of aromatic nitrogens is 1. The number of anilines is 1. The van der Waals surface area contributed by atoms with Crippen molar-refractivity contribution in [3.05, 3.63) is 40.3 Å². The minimum absolute atomic E-state index is 0.00919. The van der Waals surface area contributed by atoms with E-state index in [0.29, 0.717) is 18.7 Å². The van der Waals surface area contributed by atoms with Crippen molar-refractivity contribution in [2.75, 3.05) is 5.32 Å². The molecule has 0 spiro atoms. The molecule has 3 rings (SSSR count). The third-order valence-corrected chi connectivity index (χ3v) is 5.69. The van der Waals surface area contributed by atoms with E-state index in [2.05, 4.69) is 18.3 Å². The highest BCUT2D eigenvalue weighted by molar-refractivity contribution is 5.80. The van der Waals surface area contributed by atoms with E-state index in [1.165, 1.54) is 16.6 Å². The minimum atomic E-state index is -0.336. The second-order valence-electron chi connectivity index (χ2n) is 7.58. The summed E-state index contributed by atoms with van der Waals surface area (Å²) in [6, 6.07) is 3.22. The van der Waals surface area contributed by atoms with Gasteiger partial charge < -0.3 is 9.88 Å². The quantitative estimate of drug-likeness (QED) is 0.637. The van der Waals surface area contributed by atoms with Crippen molar-refractivity contribution in [2.24, 2.45) is 11.3 Å². The number of amides is 1. The van der Waals surface area contributed by atoms with Crippen LogP contribution in [0, 0.1) is 11.3 Å². The zero-order valence-electron chi connectivity index (χ0n) is 14.8. The Bertz CT molecular complexity index is 750. The molecule has 0 radical (unpaired) electrons. The maximum Gasteiger partial charge on any atom is 0.274 e. The zero-order valence-corrected chi connectivity index (χ0v) is 14.8. The van der Waals surface area contributed by atoms with E-state index in [9.17, 15) is 14.4 Å². The van der Waals surface area contributed by atoms with E-state index in [4.69, 9.17) is 0 Å². The molecule has 5 nitrogen and oxygen atoms in total. The fourth-order valence-corrected chi connectivity index (χ4v) is 4.60. The van der Waals surface area contributed by atoms with Crippen LogP contribution in [0.25, 0.3) is 0 Å². The predicted octanol–water partition coefficient (Wildman–Crippen LogP) is 3.29. The van der Waals surface area contributed by atoms with E-state index >= 15 is 0 Å². The molecular weight excluding hydrogens is 316 g/mol. The van der Waals surface area contributed by atoms with Crippen LogP contribution in [0.1, 0.15) is 51.9 Å². The van der Waals surface area contributed by atoms with Gasteiger partial charge in [-0.25, -0.2) is 0 Å². The number of carbonyl (C=O) groups excluding carboxylic acids is 2. The molecule has 1 amide bonds. The molecule has 0 aromatic carbocycles. The number of carbonyl (C=O) groups is 2. The van der Waals surface area contributed by atoms with Gasteiger partial charge in [0.1, 0.15) is 5.69 Å². The number of hydrogen-bond donors (Lipinski definition) is 1. The number of nitrogens with one attached hydrogen (secondary N) is 1. The molecule has 2 atom stereocenters. The molecule has 1 aromatic heterocycles. The molecule has 0 bridgehead atoms. The summed E-state index contributed by atoms with van der Waals surface area (Å²) < 4.78 is 1.39. The lowest BCUT2D eigenvalue weighted by molar-refractivity contribution is -0.122. The minimum Gasteiger partial charge on any atom is -0.324 e. The standard InChI is InChI=1S/C20H26N2O3/c1-15-7-8-16-5-2-3-9-20(16,11-15)12-17(24)13-22-10-4-6-18(19(22)25)21-14-23/h4-6,10,14-15H,2-3,7-9,11-13H2,1H3,(H,21,23). The van der Waals surface area contributed by atoms with Gasteiger partial charge in [0, 0.05) is 12.6 Å². The normalized spacial score (nSPS) is 25.6. The van der Waals surface area contributed by atoms with Crippen LogP contribution in [-0.4, -0.2) is 16.8 Å². The predicted molar refractivity (Wildman–Crippen MR) is 97.4 cm³/mol. The number of allylic oxidation sites excluding steroid dienone is 2. The number of fused-ring (bicyclic) bond motifs is 1. The Morgan fingerprint density at radius 3 is 3.12 bits per heavy atom. The van der Waals surface area contributed by atoms with Crippen LogP contribution in [0.15, 0.2) is 34.8 Å². The molecule has 134 valence electrons. The van der Waals surface area contributed by atoms with Gasteiger partial charge in [0.2, 0.25) is 6.41 Å². The molecule has 5 heteroatoms. The maximum absolute atomic E-state index is 12.8. The van der Waals surface area contributed by atoms with Gasteiger partial charge in [0.05, 0.1) is 6.54 Å². The Hall–Kier alpha value is -2.17. The third-order valence-electron chi connectivity index (χ3n) is 5.69. The molecule has 1 aromatic rings. The fourth-order valence-electron chi connectivity index (χ4n) is 4.60. The second kappa shape index (κ2) is 7.38. The van der Waals surface area contributed by atoms with E-state index in [1.54, 1.807) is 18.3 Å². The average Bonchev–Trinajstić information content (AvgIpc) is 2.58. The van der Waals surface area contributed by atoms with Gasteiger partial charge in [-0.2, -0.15) is 0 Å². The Morgan fingerprint density at radius 1 is 1.48 bits per heavy atom. The summed E-state index contributed by atoms with van der Waals surface area (Å²) in [5.74, 6) is 0.734. The van der Waals surface area contributed by atoms with E-state index in [0.717, 1.165) is 32.1 Å². The molecule has 2 aliphatic carbocycles. The van der Waals surface area contributed by atoms with Crippen molar-refractivity contribution < 1.29 is 9.59 Å². The fraction of sp³-hybridized carbons (Fsp3) is 0.550. The van der Waals surface area contributed by atoms with Crippen molar-refractivity contribution in [2.45, 2.75) is 58.4 Å². The number of hydrogen-bond acceptors (Lipinski definition) is 3. The Morgan fingerprint density at radius 2 is 2.32 bits per heavy atom. The molecule has 25 heavy (non-hydrogen) atoms. The van der Waals surface area contributed by atoms with Gasteiger partial charge >= 0.3 is 0 Å². The van der Waals surface area contributed by atoms with Gasteiger partial charge in [-0.05, 0) is 62.0 Å². The molecule has 0 aliphatic heterocycles. The van der Waals surface area contributed by atoms with Gasteiger partial charge in [0.25, 0.3) is 5.56 Å². The average molecular weight is 342 g/mol. The molecule has 1 heterocycles. The van der Waals surface area contributed by atoms with Gasteiger partial charge in [0.15, 0.2) is 5.78 Å². The first kappa shape index (κ1) is 17.6. The van der Waals surface area contributed by atoms with Crippen LogP contribution in [0.3, 0.4) is 0 Å². The number of nitrogens with zero attached hydrogens (tertiary/aromatic N) is 1. The van der Waals surface area contributed by atoms with Gasteiger partial charge in [-0.1, -0.05) is 18.6 Å². The summed E-state index contributed by atoms with van der Waals surface area (Å²) in [5, 5.41) is 2.39. The summed E-state index contributed by atoms with van der Waals surface area (Å²) in [6.45, 7) is 2.34. The molecule has 1 saturated carbocycles. The molecule has 0 saturated heterocycles. The highest BCUT2D eigenvalue weighted by Crippen LogP contribution is 2.51. The van der Waals surface area contributed by atoms with Crippen LogP contribution >= 0.6 is 0 Å². The summed E-state index contributed by atoms with van der Waals surface area (Å²) >= 11 is 0.